The molecule has 2 N–H and O–H groups in total. The molecule has 0 aliphatic carbocycles. The Morgan fingerprint density at radius 1 is 1.04 bits per heavy atom. The van der Waals surface area contributed by atoms with E-state index in [-0.39, 0.29) is 16.1 Å². The topological polar surface area (TPSA) is 86.7 Å². The zero-order valence-electron chi connectivity index (χ0n) is 14.0. The second-order valence-electron chi connectivity index (χ2n) is 5.86. The van der Waals surface area contributed by atoms with Gasteiger partial charge < -0.3 is 10.0 Å². The highest BCUT2D eigenvalue weighted by atomic mass is 32.2. The molecule has 6 nitrogen and oxygen atoms in total. The van der Waals surface area contributed by atoms with Crippen molar-refractivity contribution in [2.75, 3.05) is 23.7 Å². The molecule has 2 aromatic rings. The van der Waals surface area contributed by atoms with E-state index in [1.54, 1.807) is 43.3 Å². The monoisotopic (exact) mass is 348 g/mol. The third kappa shape index (κ3) is 3.86. The molecular weight excluding hydrogens is 328 g/mol. The minimum Gasteiger partial charge on any atom is -0.478 e. The van der Waals surface area contributed by atoms with Gasteiger partial charge in [-0.05, 0) is 55.3 Å². The number of benzene rings is 2. The van der Waals surface area contributed by atoms with Crippen molar-refractivity contribution in [1.82, 2.24) is 0 Å². The lowest BCUT2D eigenvalue weighted by Crippen LogP contribution is -2.16. The van der Waals surface area contributed by atoms with Crippen LogP contribution in [0.15, 0.2) is 41.3 Å². The fourth-order valence-electron chi connectivity index (χ4n) is 2.46. The lowest BCUT2D eigenvalue weighted by molar-refractivity contribution is 0.0697. The van der Waals surface area contributed by atoms with Crippen LogP contribution in [-0.4, -0.2) is 33.6 Å². The van der Waals surface area contributed by atoms with Gasteiger partial charge in [0.25, 0.3) is 10.0 Å². The molecule has 2 aromatic carbocycles. The van der Waals surface area contributed by atoms with Gasteiger partial charge in [0.2, 0.25) is 0 Å². The van der Waals surface area contributed by atoms with Crippen LogP contribution in [-0.2, 0) is 10.0 Å². The van der Waals surface area contributed by atoms with Gasteiger partial charge in [-0.15, -0.1) is 0 Å². The fraction of sp³-hybridized carbons (Fsp3) is 0.235. The molecule has 0 saturated heterocycles. The molecule has 0 spiro atoms. The Labute approximate surface area is 141 Å². The summed E-state index contributed by atoms with van der Waals surface area (Å²) < 4.78 is 27.5. The molecule has 0 fully saturated rings. The van der Waals surface area contributed by atoms with Crippen LogP contribution in [0.1, 0.15) is 21.5 Å². The van der Waals surface area contributed by atoms with Gasteiger partial charge in [-0.2, -0.15) is 0 Å². The van der Waals surface area contributed by atoms with Crippen molar-refractivity contribution in [1.29, 1.82) is 0 Å². The number of anilines is 2. The van der Waals surface area contributed by atoms with E-state index in [1.807, 2.05) is 19.9 Å². The Bertz CT molecular complexity index is 869. The summed E-state index contributed by atoms with van der Waals surface area (Å²) in [7, 11) is -0.344. The highest BCUT2D eigenvalue weighted by Gasteiger charge is 2.18. The third-order valence-corrected chi connectivity index (χ3v) is 4.83. The van der Waals surface area contributed by atoms with Crippen LogP contribution in [0.4, 0.5) is 11.4 Å². The number of sulfonamides is 1. The van der Waals surface area contributed by atoms with Crippen molar-refractivity contribution in [3.63, 3.8) is 0 Å². The first-order chi connectivity index (χ1) is 11.1. The number of carboxylic acid groups (broad SMARTS) is 1. The minimum atomic E-state index is -3.79. The number of hydrogen-bond acceptors (Lipinski definition) is 4. The number of nitrogens with zero attached hydrogens (tertiary/aromatic N) is 1. The molecule has 0 radical (unpaired) electrons. The second kappa shape index (κ2) is 6.52. The molecule has 0 heterocycles. The van der Waals surface area contributed by atoms with Gasteiger partial charge in [-0.1, -0.05) is 6.07 Å². The molecular formula is C17H20N2O4S. The summed E-state index contributed by atoms with van der Waals surface area (Å²) in [6.07, 6.45) is 0. The lowest BCUT2D eigenvalue weighted by atomic mass is 10.1. The zero-order valence-corrected chi connectivity index (χ0v) is 14.8. The van der Waals surface area contributed by atoms with Crippen molar-refractivity contribution in [2.24, 2.45) is 0 Å². The Hall–Kier alpha value is -2.54. The summed E-state index contributed by atoms with van der Waals surface area (Å²) >= 11 is 0. The molecule has 0 atom stereocenters. The molecule has 0 saturated carbocycles. The van der Waals surface area contributed by atoms with Crippen molar-refractivity contribution in [3.8, 4) is 0 Å². The van der Waals surface area contributed by atoms with Crippen LogP contribution in [0.5, 0.6) is 0 Å². The Kier molecular flexibility index (Phi) is 4.84. The van der Waals surface area contributed by atoms with Gasteiger partial charge in [0.05, 0.1) is 16.1 Å². The van der Waals surface area contributed by atoms with Crippen molar-refractivity contribution in [2.45, 2.75) is 18.7 Å². The van der Waals surface area contributed by atoms with Gasteiger partial charge in [0.1, 0.15) is 0 Å². The van der Waals surface area contributed by atoms with Gasteiger partial charge in [0, 0.05) is 19.8 Å². The van der Waals surface area contributed by atoms with E-state index in [4.69, 9.17) is 0 Å². The summed E-state index contributed by atoms with van der Waals surface area (Å²) in [5.74, 6) is -1.12. The standard InChI is InChI=1S/C17H20N2O4S/c1-11-7-12(2)9-14(8-11)24(22,23)18-13-5-6-16(19(3)4)15(10-13)17(20)21/h5-10,18H,1-4H3,(H,20,21). The first-order valence-electron chi connectivity index (χ1n) is 7.26. The number of nitrogens with one attached hydrogen (secondary N) is 1. The molecule has 0 aliphatic rings. The van der Waals surface area contributed by atoms with Crippen LogP contribution in [0.3, 0.4) is 0 Å². The average molecular weight is 348 g/mol. The zero-order chi connectivity index (χ0) is 18.1. The van der Waals surface area contributed by atoms with Gasteiger partial charge in [-0.25, -0.2) is 13.2 Å². The van der Waals surface area contributed by atoms with Crippen molar-refractivity contribution < 1.29 is 18.3 Å². The maximum atomic E-state index is 12.5. The second-order valence-corrected chi connectivity index (χ2v) is 7.54. The summed E-state index contributed by atoms with van der Waals surface area (Å²) in [6, 6.07) is 9.46. The van der Waals surface area contributed by atoms with Crippen LogP contribution in [0.2, 0.25) is 0 Å². The minimum absolute atomic E-state index is 0.0284. The molecule has 0 unspecified atom stereocenters. The third-order valence-electron chi connectivity index (χ3n) is 3.47. The van der Waals surface area contributed by atoms with E-state index >= 15 is 0 Å². The highest BCUT2D eigenvalue weighted by Crippen LogP contribution is 2.25. The summed E-state index contributed by atoms with van der Waals surface area (Å²) in [4.78, 5) is 13.2. The predicted molar refractivity (Wildman–Crippen MR) is 94.5 cm³/mol. The summed E-state index contributed by atoms with van der Waals surface area (Å²) in [6.45, 7) is 3.64. The van der Waals surface area contributed by atoms with Crippen LogP contribution in [0.25, 0.3) is 0 Å². The van der Waals surface area contributed by atoms with Gasteiger partial charge >= 0.3 is 5.97 Å². The first-order valence-corrected chi connectivity index (χ1v) is 8.74. The average Bonchev–Trinajstić information content (AvgIpc) is 2.45. The normalized spacial score (nSPS) is 11.2. The Morgan fingerprint density at radius 2 is 1.62 bits per heavy atom. The number of carbonyl (C=O) groups is 1. The number of aryl methyl sites for hydroxylation is 2. The van der Waals surface area contributed by atoms with Crippen LogP contribution < -0.4 is 9.62 Å². The predicted octanol–water partition coefficient (Wildman–Crippen LogP) is 2.87. The van der Waals surface area contributed by atoms with E-state index < -0.39 is 16.0 Å². The number of aromatic carboxylic acids is 1. The lowest BCUT2D eigenvalue weighted by Gasteiger charge is -2.17. The fourth-order valence-corrected chi connectivity index (χ4v) is 3.70. The SMILES string of the molecule is Cc1cc(C)cc(S(=O)(=O)Nc2ccc(N(C)C)c(C(=O)O)c2)c1. The maximum Gasteiger partial charge on any atom is 0.337 e. The van der Waals surface area contributed by atoms with E-state index in [0.717, 1.165) is 11.1 Å². The van der Waals surface area contributed by atoms with E-state index in [2.05, 4.69) is 4.72 Å². The molecule has 24 heavy (non-hydrogen) atoms. The highest BCUT2D eigenvalue weighted by molar-refractivity contribution is 7.92. The molecule has 7 heteroatoms. The van der Waals surface area contributed by atoms with Gasteiger partial charge in [0.15, 0.2) is 0 Å². The number of hydrogen-bond donors (Lipinski definition) is 2. The first kappa shape index (κ1) is 17.8. The van der Waals surface area contributed by atoms with E-state index in [9.17, 15) is 18.3 Å². The Balaban J connectivity index is 2.43. The van der Waals surface area contributed by atoms with E-state index in [1.165, 1.54) is 6.07 Å². The Morgan fingerprint density at radius 3 is 2.12 bits per heavy atom. The maximum absolute atomic E-state index is 12.5. The van der Waals surface area contributed by atoms with Gasteiger partial charge in [-0.3, -0.25) is 4.72 Å². The molecule has 0 aromatic heterocycles. The molecule has 128 valence electrons. The molecule has 2 rings (SSSR count). The van der Waals surface area contributed by atoms with Crippen LogP contribution >= 0.6 is 0 Å². The van der Waals surface area contributed by atoms with Crippen molar-refractivity contribution in [3.05, 3.63) is 53.1 Å². The molecule has 0 aliphatic heterocycles. The summed E-state index contributed by atoms with van der Waals surface area (Å²) in [5, 5.41) is 9.32. The smallest absolute Gasteiger partial charge is 0.337 e. The quantitative estimate of drug-likeness (QED) is 0.868. The molecule has 0 bridgehead atoms. The van der Waals surface area contributed by atoms with E-state index in [0.29, 0.717) is 5.69 Å². The largest absolute Gasteiger partial charge is 0.478 e. The number of rotatable bonds is 5. The number of carboxylic acids is 1. The summed E-state index contributed by atoms with van der Waals surface area (Å²) in [5.41, 5.74) is 2.41. The van der Waals surface area contributed by atoms with Crippen LogP contribution in [0, 0.1) is 13.8 Å². The molecule has 0 amide bonds. The van der Waals surface area contributed by atoms with Crippen molar-refractivity contribution >= 4 is 27.4 Å².